The van der Waals surface area contributed by atoms with Gasteiger partial charge in [-0.15, -0.1) is 11.3 Å². The standard InChI is InChI=1S/C17H15NO3S/c1-10-5-4-6-11(7-10)14-9-13-16(22-14)12(17(20)21-3)8-15(19)18(13)2/h4-9H,1-3H3. The highest BCUT2D eigenvalue weighted by molar-refractivity contribution is 7.22. The first-order valence-corrected chi connectivity index (χ1v) is 7.62. The van der Waals surface area contributed by atoms with Crippen molar-refractivity contribution in [2.24, 2.45) is 7.05 Å². The third-order valence-electron chi connectivity index (χ3n) is 3.62. The van der Waals surface area contributed by atoms with Crippen molar-refractivity contribution in [1.29, 1.82) is 0 Å². The molecule has 0 amide bonds. The second-order valence-electron chi connectivity index (χ2n) is 5.14. The Morgan fingerprint density at radius 2 is 2.00 bits per heavy atom. The first kappa shape index (κ1) is 14.5. The van der Waals surface area contributed by atoms with E-state index in [1.54, 1.807) is 11.6 Å². The molecular weight excluding hydrogens is 298 g/mol. The van der Waals surface area contributed by atoms with Crippen molar-refractivity contribution in [3.05, 3.63) is 57.9 Å². The zero-order valence-corrected chi connectivity index (χ0v) is 13.4. The van der Waals surface area contributed by atoms with Gasteiger partial charge in [-0.1, -0.05) is 29.8 Å². The normalized spacial score (nSPS) is 10.9. The first-order chi connectivity index (χ1) is 10.5. The fourth-order valence-corrected chi connectivity index (χ4v) is 3.62. The van der Waals surface area contributed by atoms with Crippen LogP contribution in [-0.4, -0.2) is 17.6 Å². The molecule has 2 aromatic heterocycles. The molecule has 0 bridgehead atoms. The van der Waals surface area contributed by atoms with Gasteiger partial charge in [0.05, 0.1) is 22.9 Å². The Kier molecular flexibility index (Phi) is 3.58. The number of methoxy groups -OCH3 is 1. The molecule has 0 fully saturated rings. The molecule has 0 spiro atoms. The highest BCUT2D eigenvalue weighted by Gasteiger charge is 2.17. The summed E-state index contributed by atoms with van der Waals surface area (Å²) in [6.07, 6.45) is 0. The van der Waals surface area contributed by atoms with Gasteiger partial charge < -0.3 is 9.30 Å². The molecule has 0 atom stereocenters. The highest BCUT2D eigenvalue weighted by Crippen LogP contribution is 2.35. The lowest BCUT2D eigenvalue weighted by atomic mass is 10.1. The van der Waals surface area contributed by atoms with Crippen molar-refractivity contribution in [1.82, 2.24) is 4.57 Å². The van der Waals surface area contributed by atoms with Crippen LogP contribution in [0.25, 0.3) is 20.7 Å². The van der Waals surface area contributed by atoms with Crippen LogP contribution in [0.5, 0.6) is 0 Å². The van der Waals surface area contributed by atoms with Gasteiger partial charge in [0.2, 0.25) is 0 Å². The minimum Gasteiger partial charge on any atom is -0.465 e. The predicted octanol–water partition coefficient (Wildman–Crippen LogP) is 3.36. The molecule has 22 heavy (non-hydrogen) atoms. The number of carbonyl (C=O) groups excluding carboxylic acids is 1. The van der Waals surface area contributed by atoms with Crippen LogP contribution in [0.3, 0.4) is 0 Å². The molecule has 0 saturated heterocycles. The van der Waals surface area contributed by atoms with Crippen LogP contribution in [-0.2, 0) is 11.8 Å². The number of hydrogen-bond acceptors (Lipinski definition) is 4. The summed E-state index contributed by atoms with van der Waals surface area (Å²) >= 11 is 1.49. The maximum atomic E-state index is 12.0. The maximum absolute atomic E-state index is 12.0. The summed E-state index contributed by atoms with van der Waals surface area (Å²) in [6, 6.07) is 11.4. The fourth-order valence-electron chi connectivity index (χ4n) is 2.43. The Bertz CT molecular complexity index is 937. The minimum atomic E-state index is -0.486. The number of thiophene rings is 1. The molecule has 5 heteroatoms. The van der Waals surface area contributed by atoms with Crippen molar-refractivity contribution in [3.8, 4) is 10.4 Å². The third-order valence-corrected chi connectivity index (χ3v) is 4.83. The van der Waals surface area contributed by atoms with Crippen LogP contribution in [0.1, 0.15) is 15.9 Å². The number of benzene rings is 1. The largest absolute Gasteiger partial charge is 0.465 e. The van der Waals surface area contributed by atoms with Crippen molar-refractivity contribution in [2.75, 3.05) is 7.11 Å². The summed E-state index contributed by atoms with van der Waals surface area (Å²) in [7, 11) is 3.03. The smallest absolute Gasteiger partial charge is 0.339 e. The second kappa shape index (κ2) is 5.42. The van der Waals surface area contributed by atoms with Gasteiger partial charge in [-0.2, -0.15) is 0 Å². The molecule has 0 saturated carbocycles. The summed E-state index contributed by atoms with van der Waals surface area (Å²) in [4.78, 5) is 25.0. The van der Waals surface area contributed by atoms with Gasteiger partial charge in [0.1, 0.15) is 0 Å². The minimum absolute atomic E-state index is 0.221. The van der Waals surface area contributed by atoms with E-state index in [0.29, 0.717) is 5.56 Å². The summed E-state index contributed by atoms with van der Waals surface area (Å²) in [5, 5.41) is 0. The number of pyridine rings is 1. The average molecular weight is 313 g/mol. The second-order valence-corrected chi connectivity index (χ2v) is 6.19. The fraction of sp³-hybridized carbons (Fsp3) is 0.176. The highest BCUT2D eigenvalue weighted by atomic mass is 32.1. The Morgan fingerprint density at radius 3 is 2.68 bits per heavy atom. The van der Waals surface area contributed by atoms with Gasteiger partial charge in [0.25, 0.3) is 5.56 Å². The number of esters is 1. The predicted molar refractivity (Wildman–Crippen MR) is 88.6 cm³/mol. The number of aryl methyl sites for hydroxylation is 2. The Balaban J connectivity index is 2.31. The van der Waals surface area contributed by atoms with E-state index in [0.717, 1.165) is 26.2 Å². The molecule has 0 radical (unpaired) electrons. The van der Waals surface area contributed by atoms with E-state index in [-0.39, 0.29) is 5.56 Å². The summed E-state index contributed by atoms with van der Waals surface area (Å²) in [5.74, 6) is -0.486. The molecule has 4 nitrogen and oxygen atoms in total. The van der Waals surface area contributed by atoms with E-state index in [4.69, 9.17) is 4.74 Å². The lowest BCUT2D eigenvalue weighted by Gasteiger charge is -2.03. The lowest BCUT2D eigenvalue weighted by Crippen LogP contribution is -2.18. The third kappa shape index (κ3) is 2.33. The van der Waals surface area contributed by atoms with Gasteiger partial charge in [0, 0.05) is 18.0 Å². The monoisotopic (exact) mass is 313 g/mol. The molecule has 0 N–H and O–H groups in total. The van der Waals surface area contributed by atoms with E-state index in [9.17, 15) is 9.59 Å². The quantitative estimate of drug-likeness (QED) is 0.682. The van der Waals surface area contributed by atoms with Crippen LogP contribution >= 0.6 is 11.3 Å². The Hall–Kier alpha value is -2.40. The number of carbonyl (C=O) groups is 1. The average Bonchev–Trinajstić information content (AvgIpc) is 2.95. The first-order valence-electron chi connectivity index (χ1n) is 6.80. The van der Waals surface area contributed by atoms with Gasteiger partial charge in [-0.05, 0) is 18.6 Å². The number of nitrogens with zero attached hydrogens (tertiary/aromatic N) is 1. The zero-order valence-electron chi connectivity index (χ0n) is 12.5. The lowest BCUT2D eigenvalue weighted by molar-refractivity contribution is 0.0603. The van der Waals surface area contributed by atoms with Gasteiger partial charge in [-0.25, -0.2) is 4.79 Å². The molecule has 2 heterocycles. The van der Waals surface area contributed by atoms with E-state index < -0.39 is 5.97 Å². The van der Waals surface area contributed by atoms with Gasteiger partial charge in [0.15, 0.2) is 0 Å². The molecule has 0 aliphatic rings. The van der Waals surface area contributed by atoms with Crippen molar-refractivity contribution in [2.45, 2.75) is 6.92 Å². The van der Waals surface area contributed by atoms with E-state index in [1.807, 2.05) is 31.2 Å². The van der Waals surface area contributed by atoms with Crippen LogP contribution in [0, 0.1) is 6.92 Å². The number of fused-ring (bicyclic) bond motifs is 1. The van der Waals surface area contributed by atoms with E-state index in [1.165, 1.54) is 24.5 Å². The zero-order chi connectivity index (χ0) is 15.9. The number of aromatic nitrogens is 1. The number of hydrogen-bond donors (Lipinski definition) is 0. The van der Waals surface area contributed by atoms with Crippen LogP contribution in [0.4, 0.5) is 0 Å². The topological polar surface area (TPSA) is 48.3 Å². The van der Waals surface area contributed by atoms with Crippen LogP contribution < -0.4 is 5.56 Å². The van der Waals surface area contributed by atoms with Gasteiger partial charge >= 0.3 is 5.97 Å². The maximum Gasteiger partial charge on any atom is 0.339 e. The molecule has 0 aliphatic heterocycles. The number of ether oxygens (including phenoxy) is 1. The van der Waals surface area contributed by atoms with E-state index in [2.05, 4.69) is 6.07 Å². The summed E-state index contributed by atoms with van der Waals surface area (Å²) in [5.41, 5.74) is 3.09. The molecule has 1 aromatic carbocycles. The molecule has 3 aromatic rings. The molecule has 3 rings (SSSR count). The van der Waals surface area contributed by atoms with Crippen LogP contribution in [0.2, 0.25) is 0 Å². The summed E-state index contributed by atoms with van der Waals surface area (Å²) in [6.45, 7) is 2.03. The van der Waals surface area contributed by atoms with Crippen LogP contribution in [0.15, 0.2) is 41.2 Å². The van der Waals surface area contributed by atoms with E-state index >= 15 is 0 Å². The Labute approximate surface area is 131 Å². The van der Waals surface area contributed by atoms with Crippen molar-refractivity contribution >= 4 is 27.5 Å². The molecular formula is C17H15NO3S. The molecule has 0 aliphatic carbocycles. The Morgan fingerprint density at radius 1 is 1.23 bits per heavy atom. The molecule has 0 unspecified atom stereocenters. The molecule has 112 valence electrons. The van der Waals surface area contributed by atoms with Crippen molar-refractivity contribution in [3.63, 3.8) is 0 Å². The van der Waals surface area contributed by atoms with Gasteiger partial charge in [-0.3, -0.25) is 4.79 Å². The SMILES string of the molecule is COC(=O)c1cc(=O)n(C)c2cc(-c3cccc(C)c3)sc12. The van der Waals surface area contributed by atoms with Crippen molar-refractivity contribution < 1.29 is 9.53 Å². The summed E-state index contributed by atoms with van der Waals surface area (Å²) < 4.78 is 7.11. The number of rotatable bonds is 2.